The van der Waals surface area contributed by atoms with Crippen LogP contribution in [0, 0.1) is 35.0 Å². The summed E-state index contributed by atoms with van der Waals surface area (Å²) in [5.41, 5.74) is 1.65. The second-order valence-corrected chi connectivity index (χ2v) is 6.47. The topological polar surface area (TPSA) is 64.7 Å². The van der Waals surface area contributed by atoms with E-state index in [-0.39, 0.29) is 18.6 Å². The molecule has 0 saturated heterocycles. The third kappa shape index (κ3) is 2.59. The first-order valence-electron chi connectivity index (χ1n) is 8.06. The summed E-state index contributed by atoms with van der Waals surface area (Å²) >= 11 is 0. The molecule has 0 aliphatic heterocycles. The number of benzene rings is 2. The molecule has 0 unspecified atom stereocenters. The molecule has 1 fully saturated rings. The number of carbonyl (C=O) groups excluding carboxylic acids is 1. The summed E-state index contributed by atoms with van der Waals surface area (Å²) in [6.45, 7) is 1.99. The highest BCUT2D eigenvalue weighted by molar-refractivity contribution is 5.82. The lowest BCUT2D eigenvalue weighted by atomic mass is 9.57. The van der Waals surface area contributed by atoms with Gasteiger partial charge in [0.2, 0.25) is 0 Å². The van der Waals surface area contributed by atoms with E-state index in [9.17, 15) is 15.3 Å². The molecule has 2 aromatic carbocycles. The Kier molecular flexibility index (Phi) is 4.19. The van der Waals surface area contributed by atoms with Gasteiger partial charge in [0.25, 0.3) is 0 Å². The second-order valence-electron chi connectivity index (χ2n) is 6.47. The van der Waals surface area contributed by atoms with Crippen molar-refractivity contribution in [3.05, 3.63) is 71.3 Å². The molecular formula is C21H18N2O. The highest BCUT2D eigenvalue weighted by Crippen LogP contribution is 2.53. The normalized spacial score (nSPS) is 22.4. The molecule has 0 heterocycles. The first-order chi connectivity index (χ1) is 11.6. The van der Waals surface area contributed by atoms with Gasteiger partial charge in [0.05, 0.1) is 12.1 Å². The van der Waals surface area contributed by atoms with Crippen LogP contribution in [-0.2, 0) is 4.79 Å². The van der Waals surface area contributed by atoms with Gasteiger partial charge in [-0.3, -0.25) is 4.79 Å². The van der Waals surface area contributed by atoms with E-state index in [2.05, 4.69) is 12.1 Å². The van der Waals surface area contributed by atoms with Gasteiger partial charge in [0.15, 0.2) is 5.41 Å². The van der Waals surface area contributed by atoms with Gasteiger partial charge in [-0.2, -0.15) is 10.5 Å². The Morgan fingerprint density at radius 2 is 1.38 bits per heavy atom. The van der Waals surface area contributed by atoms with E-state index in [1.54, 1.807) is 0 Å². The molecule has 3 rings (SSSR count). The Labute approximate surface area is 142 Å². The van der Waals surface area contributed by atoms with Crippen molar-refractivity contribution < 1.29 is 4.79 Å². The predicted molar refractivity (Wildman–Crippen MR) is 91.0 cm³/mol. The lowest BCUT2D eigenvalue weighted by molar-refractivity contribution is -0.122. The molecule has 0 amide bonds. The molecule has 0 aromatic heterocycles. The lowest BCUT2D eigenvalue weighted by Crippen LogP contribution is -2.39. The van der Waals surface area contributed by atoms with Crippen molar-refractivity contribution in [2.75, 3.05) is 0 Å². The SMILES string of the molecule is Cc1ccc([C@H]2CC(=O)C[C@H](c3ccccc3)C2(C#N)C#N)cc1. The molecular weight excluding hydrogens is 296 g/mol. The summed E-state index contributed by atoms with van der Waals surface area (Å²) in [5.74, 6) is -0.698. The van der Waals surface area contributed by atoms with Gasteiger partial charge in [-0.15, -0.1) is 0 Å². The molecule has 1 aliphatic carbocycles. The minimum Gasteiger partial charge on any atom is -0.300 e. The maximum Gasteiger partial charge on any atom is 0.158 e. The van der Waals surface area contributed by atoms with Crippen molar-refractivity contribution in [2.45, 2.75) is 31.6 Å². The maximum absolute atomic E-state index is 12.4. The fourth-order valence-corrected chi connectivity index (χ4v) is 3.69. The summed E-state index contributed by atoms with van der Waals surface area (Å²) in [5, 5.41) is 19.9. The third-order valence-electron chi connectivity index (χ3n) is 5.01. The number of nitrogens with zero attached hydrogens (tertiary/aromatic N) is 2. The van der Waals surface area contributed by atoms with Crippen molar-refractivity contribution in [3.63, 3.8) is 0 Å². The zero-order valence-corrected chi connectivity index (χ0v) is 13.6. The number of carbonyl (C=O) groups is 1. The van der Waals surface area contributed by atoms with Crippen molar-refractivity contribution in [1.82, 2.24) is 0 Å². The minimum atomic E-state index is -1.23. The average Bonchev–Trinajstić information content (AvgIpc) is 2.63. The number of Topliss-reactive ketones (excluding diaryl/α,β-unsaturated/α-hetero) is 1. The highest BCUT2D eigenvalue weighted by atomic mass is 16.1. The van der Waals surface area contributed by atoms with Crippen LogP contribution in [-0.4, -0.2) is 5.78 Å². The van der Waals surface area contributed by atoms with E-state index in [0.717, 1.165) is 16.7 Å². The van der Waals surface area contributed by atoms with Crippen LogP contribution >= 0.6 is 0 Å². The van der Waals surface area contributed by atoms with Gasteiger partial charge in [-0.05, 0) is 18.1 Å². The molecule has 0 spiro atoms. The van der Waals surface area contributed by atoms with E-state index in [0.29, 0.717) is 0 Å². The fraction of sp³-hybridized carbons (Fsp3) is 0.286. The largest absolute Gasteiger partial charge is 0.300 e. The monoisotopic (exact) mass is 314 g/mol. The highest BCUT2D eigenvalue weighted by Gasteiger charge is 2.52. The average molecular weight is 314 g/mol. The molecule has 3 heteroatoms. The van der Waals surface area contributed by atoms with E-state index in [1.165, 1.54) is 0 Å². The Morgan fingerprint density at radius 3 is 1.88 bits per heavy atom. The van der Waals surface area contributed by atoms with Crippen molar-refractivity contribution in [2.24, 2.45) is 5.41 Å². The predicted octanol–water partition coefficient (Wildman–Crippen LogP) is 4.26. The summed E-state index contributed by atoms with van der Waals surface area (Å²) in [6.07, 6.45) is 0.487. The molecule has 0 N–H and O–H groups in total. The zero-order valence-electron chi connectivity index (χ0n) is 13.6. The van der Waals surface area contributed by atoms with Crippen molar-refractivity contribution in [3.8, 4) is 12.1 Å². The van der Waals surface area contributed by atoms with E-state index in [4.69, 9.17) is 0 Å². The van der Waals surface area contributed by atoms with Gasteiger partial charge in [-0.25, -0.2) is 0 Å². The molecule has 3 nitrogen and oxygen atoms in total. The van der Waals surface area contributed by atoms with Gasteiger partial charge in [-0.1, -0.05) is 60.2 Å². The summed E-state index contributed by atoms with van der Waals surface area (Å²) in [7, 11) is 0. The quantitative estimate of drug-likeness (QED) is 0.832. The Balaban J connectivity index is 2.14. The Morgan fingerprint density at radius 1 is 0.875 bits per heavy atom. The molecule has 0 bridgehead atoms. The Hall–Kier alpha value is -2.91. The van der Waals surface area contributed by atoms with Crippen molar-refractivity contribution >= 4 is 5.78 Å². The zero-order chi connectivity index (χ0) is 17.2. The molecule has 2 atom stereocenters. The van der Waals surface area contributed by atoms with Crippen LogP contribution in [0.1, 0.15) is 41.4 Å². The second kappa shape index (κ2) is 6.30. The fourth-order valence-electron chi connectivity index (χ4n) is 3.69. The first kappa shape index (κ1) is 16.0. The van der Waals surface area contributed by atoms with Crippen LogP contribution in [0.15, 0.2) is 54.6 Å². The summed E-state index contributed by atoms with van der Waals surface area (Å²) in [6, 6.07) is 21.8. The first-order valence-corrected chi connectivity index (χ1v) is 8.06. The number of ketones is 1. The molecule has 118 valence electrons. The van der Waals surface area contributed by atoms with Crippen LogP contribution in [0.3, 0.4) is 0 Å². The molecule has 24 heavy (non-hydrogen) atoms. The van der Waals surface area contributed by atoms with Crippen molar-refractivity contribution in [1.29, 1.82) is 10.5 Å². The number of hydrogen-bond donors (Lipinski definition) is 0. The smallest absolute Gasteiger partial charge is 0.158 e. The van der Waals surface area contributed by atoms with E-state index < -0.39 is 17.3 Å². The van der Waals surface area contributed by atoms with Gasteiger partial charge >= 0.3 is 0 Å². The third-order valence-corrected chi connectivity index (χ3v) is 5.01. The lowest BCUT2D eigenvalue weighted by Gasteiger charge is -2.40. The van der Waals surface area contributed by atoms with Gasteiger partial charge < -0.3 is 0 Å². The standard InChI is InChI=1S/C21H18N2O/c1-15-7-9-17(10-8-15)20-12-18(24)11-19(21(20,13-22)14-23)16-5-3-2-4-6-16/h2-10,19-20H,11-12H2,1H3/t19-,20-/m1/s1. The van der Waals surface area contributed by atoms with Gasteiger partial charge in [0, 0.05) is 24.7 Å². The van der Waals surface area contributed by atoms with Crippen LogP contribution in [0.25, 0.3) is 0 Å². The van der Waals surface area contributed by atoms with Crippen LogP contribution in [0.4, 0.5) is 0 Å². The number of rotatable bonds is 2. The van der Waals surface area contributed by atoms with E-state index >= 15 is 0 Å². The number of aryl methyl sites for hydroxylation is 1. The van der Waals surface area contributed by atoms with Crippen LogP contribution in [0.5, 0.6) is 0 Å². The summed E-state index contributed by atoms with van der Waals surface area (Å²) in [4.78, 5) is 12.4. The molecule has 1 saturated carbocycles. The minimum absolute atomic E-state index is 0.107. The number of hydrogen-bond acceptors (Lipinski definition) is 3. The van der Waals surface area contributed by atoms with E-state index in [1.807, 2.05) is 61.5 Å². The van der Waals surface area contributed by atoms with Crippen LogP contribution < -0.4 is 0 Å². The molecule has 0 radical (unpaired) electrons. The maximum atomic E-state index is 12.4. The Bertz CT molecular complexity index is 811. The van der Waals surface area contributed by atoms with Crippen LogP contribution in [0.2, 0.25) is 0 Å². The van der Waals surface area contributed by atoms with Gasteiger partial charge in [0.1, 0.15) is 5.78 Å². The summed E-state index contributed by atoms with van der Waals surface area (Å²) < 4.78 is 0. The molecule has 2 aromatic rings. The molecule has 1 aliphatic rings. The number of nitriles is 2.